The van der Waals surface area contributed by atoms with E-state index in [0.29, 0.717) is 0 Å². The van der Waals surface area contributed by atoms with E-state index < -0.39 is 0 Å². The molecule has 0 heterocycles. The molecule has 0 spiro atoms. The Kier molecular flexibility index (Phi) is 5.26. The largest absolute Gasteiger partial charge is 0.491 e. The molecule has 0 aromatic heterocycles. The molecule has 3 heteroatoms. The third-order valence-electron chi connectivity index (χ3n) is 1.56. The molecular weight excluding hydrogens is 212 g/mol. The van der Waals surface area contributed by atoms with Crippen molar-refractivity contribution in [3.8, 4) is 5.75 Å². The average Bonchev–Trinajstić information content (AvgIpc) is 2.16. The second-order valence-corrected chi connectivity index (χ2v) is 4.83. The third-order valence-corrected chi connectivity index (χ3v) is 3.10. The zero-order valence-electron chi connectivity index (χ0n) is 8.56. The molecule has 0 bridgehead atoms. The number of ether oxygens (including phenoxy) is 1. The van der Waals surface area contributed by atoms with E-state index in [-0.39, 0.29) is 6.10 Å². The molecule has 1 nitrogen and oxygen atoms in total. The van der Waals surface area contributed by atoms with Gasteiger partial charge in [-0.25, -0.2) is 0 Å². The van der Waals surface area contributed by atoms with Gasteiger partial charge >= 0.3 is 0 Å². The summed E-state index contributed by atoms with van der Waals surface area (Å²) < 4.78 is 5.55. The third kappa shape index (κ3) is 4.29. The van der Waals surface area contributed by atoms with Gasteiger partial charge in [0.2, 0.25) is 0 Å². The van der Waals surface area contributed by atoms with Crippen molar-refractivity contribution in [1.82, 2.24) is 0 Å². The van der Waals surface area contributed by atoms with Crippen LogP contribution in [0, 0.1) is 0 Å². The number of rotatable bonds is 5. The Morgan fingerprint density at radius 2 is 1.93 bits per heavy atom. The fourth-order valence-electron chi connectivity index (χ4n) is 1.05. The summed E-state index contributed by atoms with van der Waals surface area (Å²) in [4.78, 5) is 1.27. The van der Waals surface area contributed by atoms with E-state index in [1.807, 2.05) is 37.7 Å². The van der Waals surface area contributed by atoms with Crippen LogP contribution in [0.4, 0.5) is 0 Å². The fraction of sp³-hybridized carbons (Fsp3) is 0.455. The van der Waals surface area contributed by atoms with Gasteiger partial charge in [0, 0.05) is 10.6 Å². The second kappa shape index (κ2) is 6.25. The smallest absolute Gasteiger partial charge is 0.119 e. The van der Waals surface area contributed by atoms with Gasteiger partial charge in [0.1, 0.15) is 5.75 Å². The zero-order chi connectivity index (χ0) is 10.4. The van der Waals surface area contributed by atoms with Crippen molar-refractivity contribution in [1.29, 1.82) is 0 Å². The molecule has 0 aliphatic rings. The number of thiol groups is 1. The second-order valence-electron chi connectivity index (χ2n) is 3.21. The van der Waals surface area contributed by atoms with Crippen LogP contribution in [-0.2, 0) is 0 Å². The minimum absolute atomic E-state index is 0.242. The van der Waals surface area contributed by atoms with Gasteiger partial charge in [-0.05, 0) is 43.9 Å². The van der Waals surface area contributed by atoms with Crippen LogP contribution in [0.5, 0.6) is 5.75 Å². The van der Waals surface area contributed by atoms with Gasteiger partial charge in [-0.15, -0.1) is 11.8 Å². The van der Waals surface area contributed by atoms with E-state index in [1.54, 1.807) is 0 Å². The van der Waals surface area contributed by atoms with E-state index in [2.05, 4.69) is 24.8 Å². The van der Waals surface area contributed by atoms with Gasteiger partial charge in [-0.1, -0.05) is 0 Å². The summed E-state index contributed by atoms with van der Waals surface area (Å²) in [6.45, 7) is 4.06. The van der Waals surface area contributed by atoms with Crippen molar-refractivity contribution in [2.45, 2.75) is 24.8 Å². The first-order valence-corrected chi connectivity index (χ1v) is 6.34. The van der Waals surface area contributed by atoms with Crippen molar-refractivity contribution in [2.75, 3.05) is 11.5 Å². The zero-order valence-corrected chi connectivity index (χ0v) is 10.3. The molecule has 1 aromatic rings. The van der Waals surface area contributed by atoms with Gasteiger partial charge in [0.05, 0.1) is 6.10 Å². The molecule has 14 heavy (non-hydrogen) atoms. The molecule has 0 aliphatic heterocycles. The first-order chi connectivity index (χ1) is 6.72. The summed E-state index contributed by atoms with van der Waals surface area (Å²) >= 11 is 5.99. The minimum Gasteiger partial charge on any atom is -0.491 e. The highest BCUT2D eigenvalue weighted by Crippen LogP contribution is 2.21. The number of thioether (sulfide) groups is 1. The summed E-state index contributed by atoms with van der Waals surface area (Å²) in [5, 5.41) is 0. The predicted molar refractivity (Wildman–Crippen MR) is 66.8 cm³/mol. The number of hydrogen-bond donors (Lipinski definition) is 1. The first kappa shape index (κ1) is 11.8. The van der Waals surface area contributed by atoms with Crippen molar-refractivity contribution >= 4 is 24.4 Å². The lowest BCUT2D eigenvalue weighted by atomic mass is 10.3. The molecule has 0 amide bonds. The van der Waals surface area contributed by atoms with E-state index in [9.17, 15) is 0 Å². The molecule has 0 N–H and O–H groups in total. The van der Waals surface area contributed by atoms with Crippen LogP contribution >= 0.6 is 24.4 Å². The quantitative estimate of drug-likeness (QED) is 0.610. The summed E-state index contributed by atoms with van der Waals surface area (Å²) in [6.07, 6.45) is 0.242. The molecule has 0 saturated heterocycles. The van der Waals surface area contributed by atoms with Gasteiger partial charge in [0.25, 0.3) is 0 Å². The Hall–Kier alpha value is -0.280. The van der Waals surface area contributed by atoms with Gasteiger partial charge in [0.15, 0.2) is 0 Å². The van der Waals surface area contributed by atoms with Crippen molar-refractivity contribution in [2.24, 2.45) is 0 Å². The summed E-state index contributed by atoms with van der Waals surface area (Å²) in [5.41, 5.74) is 0. The molecule has 0 unspecified atom stereocenters. The van der Waals surface area contributed by atoms with E-state index >= 15 is 0 Å². The Balaban J connectivity index is 2.50. The summed E-state index contributed by atoms with van der Waals surface area (Å²) in [7, 11) is 0. The van der Waals surface area contributed by atoms with Crippen LogP contribution in [0.2, 0.25) is 0 Å². The standard InChI is InChI=1S/C11H16OS2/c1-9(2)12-10-3-5-11(6-4-10)14-8-7-13/h3-6,9,13H,7-8H2,1-2H3. The van der Waals surface area contributed by atoms with E-state index in [4.69, 9.17) is 4.74 Å². The van der Waals surface area contributed by atoms with Crippen LogP contribution in [0.15, 0.2) is 29.2 Å². The molecule has 0 saturated carbocycles. The van der Waals surface area contributed by atoms with E-state index in [0.717, 1.165) is 17.3 Å². The van der Waals surface area contributed by atoms with Crippen LogP contribution in [-0.4, -0.2) is 17.6 Å². The molecule has 0 radical (unpaired) electrons. The van der Waals surface area contributed by atoms with Crippen LogP contribution < -0.4 is 4.74 Å². The van der Waals surface area contributed by atoms with Crippen molar-refractivity contribution in [3.63, 3.8) is 0 Å². The Morgan fingerprint density at radius 3 is 2.43 bits per heavy atom. The Bertz CT molecular complexity index is 256. The maximum absolute atomic E-state index is 5.55. The van der Waals surface area contributed by atoms with Gasteiger partial charge in [-0.3, -0.25) is 0 Å². The average molecular weight is 228 g/mol. The maximum atomic E-state index is 5.55. The molecule has 0 fully saturated rings. The normalized spacial score (nSPS) is 10.6. The summed E-state index contributed by atoms with van der Waals surface area (Å²) in [5.74, 6) is 2.90. The minimum atomic E-state index is 0.242. The maximum Gasteiger partial charge on any atom is 0.119 e. The van der Waals surface area contributed by atoms with Crippen LogP contribution in [0.3, 0.4) is 0 Å². The molecule has 1 aromatic carbocycles. The SMILES string of the molecule is CC(C)Oc1ccc(SCCS)cc1. The van der Waals surface area contributed by atoms with Gasteiger partial charge < -0.3 is 4.74 Å². The monoisotopic (exact) mass is 228 g/mol. The number of benzene rings is 1. The topological polar surface area (TPSA) is 9.23 Å². The van der Waals surface area contributed by atoms with Crippen LogP contribution in [0.25, 0.3) is 0 Å². The highest BCUT2D eigenvalue weighted by molar-refractivity contribution is 8.00. The lowest BCUT2D eigenvalue weighted by Crippen LogP contribution is -2.05. The van der Waals surface area contributed by atoms with Crippen LogP contribution in [0.1, 0.15) is 13.8 Å². The van der Waals surface area contributed by atoms with Crippen molar-refractivity contribution in [3.05, 3.63) is 24.3 Å². The lowest BCUT2D eigenvalue weighted by Gasteiger charge is -2.09. The highest BCUT2D eigenvalue weighted by Gasteiger charge is 1.97. The summed E-state index contributed by atoms with van der Waals surface area (Å²) in [6, 6.07) is 8.21. The molecule has 0 aliphatic carbocycles. The molecule has 78 valence electrons. The molecule has 0 atom stereocenters. The first-order valence-electron chi connectivity index (χ1n) is 4.72. The van der Waals surface area contributed by atoms with Crippen molar-refractivity contribution < 1.29 is 4.74 Å². The molecule has 1 rings (SSSR count). The number of hydrogen-bond acceptors (Lipinski definition) is 3. The van der Waals surface area contributed by atoms with E-state index in [1.165, 1.54) is 4.90 Å². The fourth-order valence-corrected chi connectivity index (χ4v) is 1.98. The highest BCUT2D eigenvalue weighted by atomic mass is 32.2. The molecular formula is C11H16OS2. The lowest BCUT2D eigenvalue weighted by molar-refractivity contribution is 0.242. The predicted octanol–water partition coefficient (Wildman–Crippen LogP) is 3.50. The Morgan fingerprint density at radius 1 is 1.29 bits per heavy atom. The van der Waals surface area contributed by atoms with Gasteiger partial charge in [-0.2, -0.15) is 12.6 Å². The Labute approximate surface area is 95.6 Å².